The van der Waals surface area contributed by atoms with Crippen LogP contribution in [-0.4, -0.2) is 22.5 Å². The minimum absolute atomic E-state index is 0.00671. The van der Waals surface area contributed by atoms with Crippen molar-refractivity contribution in [2.24, 2.45) is 11.7 Å². The minimum Gasteiger partial charge on any atom is -0.321 e. The molecule has 0 bridgehead atoms. The largest absolute Gasteiger partial charge is 0.321 e. The Labute approximate surface area is 109 Å². The Morgan fingerprint density at radius 3 is 2.47 bits per heavy atom. The van der Waals surface area contributed by atoms with Gasteiger partial charge in [-0.3, -0.25) is 19.7 Å². The SMILES string of the molecule is NC1CC(C(=O)c2ccc([N+](=O)[O-])cc2)CCC1=O. The fraction of sp³-hybridized carbons (Fsp3) is 0.385. The summed E-state index contributed by atoms with van der Waals surface area (Å²) in [6, 6.07) is 4.94. The van der Waals surface area contributed by atoms with E-state index in [0.717, 1.165) is 0 Å². The molecule has 0 heterocycles. The molecule has 6 nitrogen and oxygen atoms in total. The van der Waals surface area contributed by atoms with Crippen LogP contribution >= 0.6 is 0 Å². The van der Waals surface area contributed by atoms with E-state index in [1.165, 1.54) is 24.3 Å². The average Bonchev–Trinajstić information content (AvgIpc) is 2.41. The summed E-state index contributed by atoms with van der Waals surface area (Å²) in [7, 11) is 0. The van der Waals surface area contributed by atoms with Crippen molar-refractivity contribution in [3.8, 4) is 0 Å². The lowest BCUT2D eigenvalue weighted by Gasteiger charge is -2.24. The first kappa shape index (κ1) is 13.4. The Balaban J connectivity index is 2.11. The first-order chi connectivity index (χ1) is 8.99. The molecule has 19 heavy (non-hydrogen) atoms. The summed E-state index contributed by atoms with van der Waals surface area (Å²) in [4.78, 5) is 33.5. The van der Waals surface area contributed by atoms with Crippen molar-refractivity contribution in [2.45, 2.75) is 25.3 Å². The standard InChI is InChI=1S/C13H14N2O4/c14-11-7-9(3-6-12(11)16)13(17)8-1-4-10(5-2-8)15(18)19/h1-2,4-5,9,11H,3,6-7,14H2. The van der Waals surface area contributed by atoms with Crippen molar-refractivity contribution in [2.75, 3.05) is 0 Å². The van der Waals surface area contributed by atoms with Gasteiger partial charge in [-0.25, -0.2) is 0 Å². The summed E-state index contributed by atoms with van der Waals surface area (Å²) in [5, 5.41) is 10.5. The second-order valence-electron chi connectivity index (χ2n) is 4.71. The summed E-state index contributed by atoms with van der Waals surface area (Å²) < 4.78 is 0. The van der Waals surface area contributed by atoms with Gasteiger partial charge in [-0.2, -0.15) is 0 Å². The third kappa shape index (κ3) is 2.85. The van der Waals surface area contributed by atoms with Crippen molar-refractivity contribution in [3.05, 3.63) is 39.9 Å². The van der Waals surface area contributed by atoms with Crippen LogP contribution in [0.25, 0.3) is 0 Å². The van der Waals surface area contributed by atoms with Gasteiger partial charge in [0.15, 0.2) is 5.78 Å². The smallest absolute Gasteiger partial charge is 0.269 e. The van der Waals surface area contributed by atoms with Crippen molar-refractivity contribution < 1.29 is 14.5 Å². The molecule has 100 valence electrons. The Hall–Kier alpha value is -2.08. The number of carbonyl (C=O) groups excluding carboxylic acids is 2. The van der Waals surface area contributed by atoms with Crippen LogP contribution in [-0.2, 0) is 4.79 Å². The monoisotopic (exact) mass is 262 g/mol. The predicted octanol–water partition coefficient (Wildman–Crippen LogP) is 1.47. The number of nitro benzene ring substituents is 1. The number of nitro groups is 1. The number of benzene rings is 1. The Morgan fingerprint density at radius 2 is 1.95 bits per heavy atom. The van der Waals surface area contributed by atoms with E-state index >= 15 is 0 Å². The molecular weight excluding hydrogens is 248 g/mol. The first-order valence-corrected chi connectivity index (χ1v) is 6.06. The molecule has 1 aliphatic carbocycles. The van der Waals surface area contributed by atoms with Crippen molar-refractivity contribution in [1.82, 2.24) is 0 Å². The molecule has 0 saturated heterocycles. The van der Waals surface area contributed by atoms with Crippen molar-refractivity contribution >= 4 is 17.3 Å². The molecule has 1 saturated carbocycles. The highest BCUT2D eigenvalue weighted by molar-refractivity contribution is 5.99. The third-order valence-corrected chi connectivity index (χ3v) is 3.42. The van der Waals surface area contributed by atoms with E-state index in [1.807, 2.05) is 0 Å². The van der Waals surface area contributed by atoms with Crippen LogP contribution in [0, 0.1) is 16.0 Å². The molecule has 2 rings (SSSR count). The number of carbonyl (C=O) groups is 2. The summed E-state index contributed by atoms with van der Waals surface area (Å²) in [6.07, 6.45) is 1.18. The lowest BCUT2D eigenvalue weighted by molar-refractivity contribution is -0.384. The zero-order valence-electron chi connectivity index (χ0n) is 10.2. The summed E-state index contributed by atoms with van der Waals surface area (Å²) in [5.74, 6) is -0.375. The fourth-order valence-corrected chi connectivity index (χ4v) is 2.28. The molecule has 1 aromatic carbocycles. The van der Waals surface area contributed by atoms with Gasteiger partial charge in [0.2, 0.25) is 0 Å². The van der Waals surface area contributed by atoms with Gasteiger partial charge in [-0.15, -0.1) is 0 Å². The summed E-state index contributed by atoms with van der Waals surface area (Å²) in [5.41, 5.74) is 6.04. The maximum Gasteiger partial charge on any atom is 0.269 e. The number of nitrogens with zero attached hydrogens (tertiary/aromatic N) is 1. The molecule has 0 radical (unpaired) electrons. The van der Waals surface area contributed by atoms with E-state index in [2.05, 4.69) is 0 Å². The van der Waals surface area contributed by atoms with Gasteiger partial charge in [-0.05, 0) is 25.0 Å². The van der Waals surface area contributed by atoms with E-state index in [9.17, 15) is 19.7 Å². The average molecular weight is 262 g/mol. The zero-order valence-corrected chi connectivity index (χ0v) is 10.2. The van der Waals surface area contributed by atoms with Crippen molar-refractivity contribution in [1.29, 1.82) is 0 Å². The maximum absolute atomic E-state index is 12.2. The third-order valence-electron chi connectivity index (χ3n) is 3.42. The van der Waals surface area contributed by atoms with Crippen LogP contribution in [0.1, 0.15) is 29.6 Å². The van der Waals surface area contributed by atoms with Crippen molar-refractivity contribution in [3.63, 3.8) is 0 Å². The molecule has 1 fully saturated rings. The molecule has 2 N–H and O–H groups in total. The highest BCUT2D eigenvalue weighted by Gasteiger charge is 2.30. The number of hydrogen-bond donors (Lipinski definition) is 1. The minimum atomic E-state index is -0.569. The van der Waals surface area contributed by atoms with Crippen LogP contribution in [0.2, 0.25) is 0 Å². The quantitative estimate of drug-likeness (QED) is 0.504. The van der Waals surface area contributed by atoms with Gasteiger partial charge in [0.25, 0.3) is 5.69 Å². The molecule has 0 amide bonds. The van der Waals surface area contributed by atoms with E-state index in [1.54, 1.807) is 0 Å². The first-order valence-electron chi connectivity index (χ1n) is 6.06. The van der Waals surface area contributed by atoms with Gasteiger partial charge < -0.3 is 5.73 Å². The predicted molar refractivity (Wildman–Crippen MR) is 67.8 cm³/mol. The van der Waals surface area contributed by atoms with Crippen LogP contribution < -0.4 is 5.73 Å². The number of rotatable bonds is 3. The molecule has 2 unspecified atom stereocenters. The highest BCUT2D eigenvalue weighted by atomic mass is 16.6. The second-order valence-corrected chi connectivity index (χ2v) is 4.71. The number of Topliss-reactive ketones (excluding diaryl/α,β-unsaturated/α-hetero) is 2. The van der Waals surface area contributed by atoms with Gasteiger partial charge in [0.05, 0.1) is 11.0 Å². The second kappa shape index (κ2) is 5.27. The number of non-ortho nitro benzene ring substituents is 1. The zero-order chi connectivity index (χ0) is 14.0. The van der Waals surface area contributed by atoms with Crippen LogP contribution in [0.15, 0.2) is 24.3 Å². The van der Waals surface area contributed by atoms with E-state index in [-0.39, 0.29) is 23.2 Å². The van der Waals surface area contributed by atoms with E-state index < -0.39 is 11.0 Å². The molecule has 1 aromatic rings. The molecule has 0 spiro atoms. The number of nitrogens with two attached hydrogens (primary N) is 1. The fourth-order valence-electron chi connectivity index (χ4n) is 2.28. The Kier molecular flexibility index (Phi) is 3.71. The summed E-state index contributed by atoms with van der Waals surface area (Å²) >= 11 is 0. The lowest BCUT2D eigenvalue weighted by Crippen LogP contribution is -2.39. The van der Waals surface area contributed by atoms with Crippen LogP contribution in [0.3, 0.4) is 0 Å². The Morgan fingerprint density at radius 1 is 1.32 bits per heavy atom. The maximum atomic E-state index is 12.2. The van der Waals surface area contributed by atoms with Crippen LogP contribution in [0.5, 0.6) is 0 Å². The van der Waals surface area contributed by atoms with Gasteiger partial charge >= 0.3 is 0 Å². The highest BCUT2D eigenvalue weighted by Crippen LogP contribution is 2.25. The molecule has 0 aromatic heterocycles. The Bertz CT molecular complexity index is 524. The number of hydrogen-bond acceptors (Lipinski definition) is 5. The molecule has 1 aliphatic rings. The van der Waals surface area contributed by atoms with Gasteiger partial charge in [-0.1, -0.05) is 0 Å². The topological polar surface area (TPSA) is 103 Å². The van der Waals surface area contributed by atoms with E-state index in [0.29, 0.717) is 24.8 Å². The van der Waals surface area contributed by atoms with Crippen LogP contribution in [0.4, 0.5) is 5.69 Å². The molecule has 2 atom stereocenters. The van der Waals surface area contributed by atoms with Gasteiger partial charge in [0.1, 0.15) is 5.78 Å². The van der Waals surface area contributed by atoms with E-state index in [4.69, 9.17) is 5.73 Å². The summed E-state index contributed by atoms with van der Waals surface area (Å²) in [6.45, 7) is 0. The molecular formula is C13H14N2O4. The molecule has 6 heteroatoms. The molecule has 0 aliphatic heterocycles. The number of ketones is 2. The van der Waals surface area contributed by atoms with Gasteiger partial charge in [0, 0.05) is 30.0 Å². The lowest BCUT2D eigenvalue weighted by atomic mass is 9.81. The normalized spacial score (nSPS) is 23.1.